The molecule has 1 aliphatic carbocycles. The molecule has 1 aromatic heterocycles. The number of nitrogens with zero attached hydrogens (tertiary/aromatic N) is 2. The number of alkyl carbamates (subject to hydrolysis) is 1. The number of carbonyl (C=O) groups is 4. The number of fused-ring (bicyclic) bond motifs is 3. The molecule has 13 nitrogen and oxygen atoms in total. The average molecular weight is 653 g/mol. The highest BCUT2D eigenvalue weighted by molar-refractivity contribution is 5.96. The Balaban J connectivity index is 1.47. The minimum atomic E-state index is -1.44. The van der Waals surface area contributed by atoms with Crippen molar-refractivity contribution < 1.29 is 43.2 Å². The molecule has 3 amide bonds. The van der Waals surface area contributed by atoms with Crippen LogP contribution in [-0.4, -0.2) is 89.0 Å². The number of carboxylic acids is 1. The summed E-state index contributed by atoms with van der Waals surface area (Å²) in [5.41, 5.74) is -0.858. The molecule has 1 unspecified atom stereocenters. The first-order chi connectivity index (χ1) is 22.5. The van der Waals surface area contributed by atoms with E-state index >= 15 is 0 Å². The van der Waals surface area contributed by atoms with E-state index in [1.807, 2.05) is 25.1 Å². The summed E-state index contributed by atoms with van der Waals surface area (Å²) in [5.74, 6) is -1.11. The number of allylic oxidation sites excluding steroid dienone is 1. The summed E-state index contributed by atoms with van der Waals surface area (Å²) in [4.78, 5) is 59.1. The Labute approximate surface area is 274 Å². The van der Waals surface area contributed by atoms with Crippen LogP contribution >= 0.6 is 0 Å². The predicted molar refractivity (Wildman–Crippen MR) is 171 cm³/mol. The Hall–Kier alpha value is -4.55. The van der Waals surface area contributed by atoms with Gasteiger partial charge in [-0.3, -0.25) is 9.59 Å². The van der Waals surface area contributed by atoms with Gasteiger partial charge in [-0.25, -0.2) is 14.6 Å². The number of carbonyl (C=O) groups excluding carboxylic acids is 3. The second-order valence-corrected chi connectivity index (χ2v) is 12.6. The van der Waals surface area contributed by atoms with Crippen LogP contribution in [0.1, 0.15) is 65.7 Å². The van der Waals surface area contributed by atoms with Gasteiger partial charge < -0.3 is 39.6 Å². The van der Waals surface area contributed by atoms with E-state index < -0.39 is 53.7 Å². The van der Waals surface area contributed by atoms with Gasteiger partial charge in [0.1, 0.15) is 35.2 Å². The van der Waals surface area contributed by atoms with Crippen LogP contribution in [0.5, 0.6) is 17.4 Å². The molecule has 1 saturated carbocycles. The van der Waals surface area contributed by atoms with Gasteiger partial charge in [-0.15, -0.1) is 0 Å². The molecule has 0 spiro atoms. The zero-order valence-corrected chi connectivity index (χ0v) is 27.3. The van der Waals surface area contributed by atoms with Crippen molar-refractivity contribution in [2.45, 2.75) is 95.5 Å². The maximum absolute atomic E-state index is 14.2. The Morgan fingerprint density at radius 3 is 2.72 bits per heavy atom. The van der Waals surface area contributed by atoms with Crippen LogP contribution in [0.3, 0.4) is 0 Å². The van der Waals surface area contributed by atoms with Crippen LogP contribution in [0.2, 0.25) is 0 Å². The van der Waals surface area contributed by atoms with E-state index in [0.717, 1.165) is 19.3 Å². The van der Waals surface area contributed by atoms with Crippen molar-refractivity contribution in [3.8, 4) is 17.4 Å². The quantitative estimate of drug-likeness (QED) is 0.355. The highest BCUT2D eigenvalue weighted by Crippen LogP contribution is 2.45. The second-order valence-electron chi connectivity index (χ2n) is 12.6. The molecule has 2 fully saturated rings. The first-order valence-corrected chi connectivity index (χ1v) is 16.3. The van der Waals surface area contributed by atoms with Gasteiger partial charge in [-0.2, -0.15) is 0 Å². The number of aliphatic carboxylic acids is 1. The highest BCUT2D eigenvalue weighted by Gasteiger charge is 2.61. The normalized spacial score (nSPS) is 27.0. The summed E-state index contributed by atoms with van der Waals surface area (Å²) in [6, 6.07) is 5.05. The molecule has 3 heterocycles. The molecule has 0 radical (unpaired) electrons. The van der Waals surface area contributed by atoms with Crippen LogP contribution in [0.15, 0.2) is 36.4 Å². The van der Waals surface area contributed by atoms with Crippen LogP contribution in [0, 0.1) is 5.92 Å². The Bertz CT molecular complexity index is 1530. The molecule has 13 heteroatoms. The maximum Gasteiger partial charge on any atom is 0.408 e. The Morgan fingerprint density at radius 1 is 1.19 bits per heavy atom. The third-order valence-corrected chi connectivity index (χ3v) is 8.80. The second kappa shape index (κ2) is 14.5. The number of carboxylic acid groups (broad SMARTS) is 1. The van der Waals surface area contributed by atoms with Crippen molar-refractivity contribution in [3.05, 3.63) is 36.4 Å². The van der Waals surface area contributed by atoms with E-state index in [0.29, 0.717) is 47.7 Å². The Morgan fingerprint density at radius 2 is 2.00 bits per heavy atom. The van der Waals surface area contributed by atoms with Gasteiger partial charge in [0.25, 0.3) is 0 Å². The standard InChI is InChI=1S/C34H44N4O9/c1-5-45-29-17-28(24-14-13-22(44-4)15-26(24)35-29)47-23-16-27-30(39)37-34(32(41)42)18-21(34)11-9-7-6-8-10-12-25(31(40)38(27)19-23)36-33(43)46-20(2)3/h9,11,13-15,17,20-21,23,25,27H,5-8,10,12,16,18-19H2,1-4H3,(H,36,43)(H,37,39)(H,41,42)/b11-9-/t21-,23+,25-,27?,34+/m0/s1. The molecule has 0 bridgehead atoms. The van der Waals surface area contributed by atoms with Crippen molar-refractivity contribution in [1.82, 2.24) is 20.5 Å². The van der Waals surface area contributed by atoms with Crippen molar-refractivity contribution >= 4 is 34.8 Å². The lowest BCUT2D eigenvalue weighted by atomic mass is 10.0. The smallest absolute Gasteiger partial charge is 0.408 e. The summed E-state index contributed by atoms with van der Waals surface area (Å²) in [7, 11) is 1.56. The summed E-state index contributed by atoms with van der Waals surface area (Å²) in [6.45, 7) is 5.68. The minimum Gasteiger partial charge on any atom is -0.497 e. The lowest BCUT2D eigenvalue weighted by Gasteiger charge is -2.29. The molecule has 47 heavy (non-hydrogen) atoms. The summed E-state index contributed by atoms with van der Waals surface area (Å²) >= 11 is 0. The molecule has 3 aliphatic rings. The fourth-order valence-electron chi connectivity index (χ4n) is 6.32. The number of aromatic nitrogens is 1. The third kappa shape index (κ3) is 7.71. The van der Waals surface area contributed by atoms with E-state index in [9.17, 15) is 24.3 Å². The van der Waals surface area contributed by atoms with Crippen molar-refractivity contribution in [2.75, 3.05) is 20.3 Å². The number of nitrogens with one attached hydrogen (secondary N) is 2. The topological polar surface area (TPSA) is 166 Å². The molecule has 254 valence electrons. The number of hydrogen-bond donors (Lipinski definition) is 3. The van der Waals surface area contributed by atoms with Gasteiger partial charge in [0.15, 0.2) is 0 Å². The molecule has 5 rings (SSSR count). The number of hydrogen-bond acceptors (Lipinski definition) is 9. The zero-order valence-electron chi connectivity index (χ0n) is 27.3. The average Bonchev–Trinajstić information content (AvgIpc) is 3.56. The van der Waals surface area contributed by atoms with Crippen LogP contribution in [0.4, 0.5) is 4.79 Å². The van der Waals surface area contributed by atoms with Crippen LogP contribution in [-0.2, 0) is 19.1 Å². The Kier molecular flexibility index (Phi) is 10.4. The fraction of sp³-hybridized carbons (Fsp3) is 0.559. The number of pyridine rings is 1. The molecule has 5 atom stereocenters. The number of benzene rings is 1. The molecular formula is C34H44N4O9. The number of ether oxygens (including phenoxy) is 4. The molecular weight excluding hydrogens is 608 g/mol. The molecule has 1 aromatic carbocycles. The van der Waals surface area contributed by atoms with Gasteiger partial charge in [-0.1, -0.05) is 25.0 Å². The van der Waals surface area contributed by atoms with Crippen molar-refractivity contribution in [2.24, 2.45) is 5.92 Å². The van der Waals surface area contributed by atoms with Crippen molar-refractivity contribution in [3.63, 3.8) is 0 Å². The zero-order chi connectivity index (χ0) is 33.7. The summed E-state index contributed by atoms with van der Waals surface area (Å²) in [5, 5.41) is 16.3. The van der Waals surface area contributed by atoms with E-state index in [2.05, 4.69) is 15.6 Å². The molecule has 2 aromatic rings. The van der Waals surface area contributed by atoms with Crippen LogP contribution < -0.4 is 24.8 Å². The van der Waals surface area contributed by atoms with E-state index in [1.165, 1.54) is 4.90 Å². The van der Waals surface area contributed by atoms with Crippen LogP contribution in [0.25, 0.3) is 10.9 Å². The first-order valence-electron chi connectivity index (χ1n) is 16.3. The molecule has 1 saturated heterocycles. The highest BCUT2D eigenvalue weighted by atomic mass is 16.6. The maximum atomic E-state index is 14.2. The van der Waals surface area contributed by atoms with Gasteiger partial charge >= 0.3 is 12.1 Å². The lowest BCUT2D eigenvalue weighted by molar-refractivity contribution is -0.145. The number of rotatable bonds is 8. The predicted octanol–water partition coefficient (Wildman–Crippen LogP) is 3.97. The van der Waals surface area contributed by atoms with E-state index in [1.54, 1.807) is 39.2 Å². The van der Waals surface area contributed by atoms with Crippen molar-refractivity contribution in [1.29, 1.82) is 0 Å². The van der Waals surface area contributed by atoms with E-state index in [-0.39, 0.29) is 25.3 Å². The van der Waals surface area contributed by atoms with Gasteiger partial charge in [0.05, 0.1) is 31.9 Å². The SMILES string of the molecule is CCOc1cc(O[C@@H]2CC3C(=O)N[C@]4(C(=O)O)C[C@@H]4/C=C\CCCCC[C@H](NC(=O)OC(C)C)C(=O)N3C2)c2ccc(OC)cc2n1. The van der Waals surface area contributed by atoms with Gasteiger partial charge in [0, 0.05) is 29.9 Å². The monoisotopic (exact) mass is 652 g/mol. The minimum absolute atomic E-state index is 0.0294. The summed E-state index contributed by atoms with van der Waals surface area (Å²) < 4.78 is 22.8. The lowest BCUT2D eigenvalue weighted by Crippen LogP contribution is -2.56. The summed E-state index contributed by atoms with van der Waals surface area (Å²) in [6.07, 6.45) is 5.83. The largest absolute Gasteiger partial charge is 0.497 e. The third-order valence-electron chi connectivity index (χ3n) is 8.80. The van der Waals surface area contributed by atoms with E-state index in [4.69, 9.17) is 18.9 Å². The molecule has 3 N–H and O–H groups in total. The fourth-order valence-corrected chi connectivity index (χ4v) is 6.32. The number of methoxy groups -OCH3 is 1. The first kappa shape index (κ1) is 33.8. The number of amides is 3. The van der Waals surface area contributed by atoms with Gasteiger partial charge in [-0.05, 0) is 58.6 Å². The molecule has 2 aliphatic heterocycles. The van der Waals surface area contributed by atoms with Gasteiger partial charge in [0.2, 0.25) is 17.7 Å².